The van der Waals surface area contributed by atoms with Crippen molar-refractivity contribution in [3.63, 3.8) is 0 Å². The molecule has 0 spiro atoms. The fourth-order valence-electron chi connectivity index (χ4n) is 2.51. The van der Waals surface area contributed by atoms with E-state index < -0.39 is 29.1 Å². The quantitative estimate of drug-likeness (QED) is 0.866. The summed E-state index contributed by atoms with van der Waals surface area (Å²) in [6, 6.07) is 5.75. The first kappa shape index (κ1) is 14.6. The van der Waals surface area contributed by atoms with Gasteiger partial charge in [-0.25, -0.2) is 9.18 Å². The molecule has 22 heavy (non-hydrogen) atoms. The molecule has 7 heteroatoms. The van der Waals surface area contributed by atoms with Crippen LogP contribution in [-0.2, 0) is 11.3 Å². The summed E-state index contributed by atoms with van der Waals surface area (Å²) in [7, 11) is 0. The minimum Gasteiger partial charge on any atom is -0.358 e. The van der Waals surface area contributed by atoms with E-state index in [1.807, 2.05) is 0 Å². The summed E-state index contributed by atoms with van der Waals surface area (Å²) in [6.45, 7) is 0.153. The number of aromatic nitrogens is 2. The van der Waals surface area contributed by atoms with Crippen LogP contribution in [0.1, 0.15) is 24.6 Å². The Morgan fingerprint density at radius 2 is 1.95 bits per heavy atom. The molecule has 0 unspecified atom stereocenters. The van der Waals surface area contributed by atoms with E-state index in [4.69, 9.17) is 4.74 Å². The summed E-state index contributed by atoms with van der Waals surface area (Å²) in [5, 5.41) is 0. The van der Waals surface area contributed by atoms with Crippen molar-refractivity contribution < 1.29 is 13.5 Å². The predicted octanol–water partition coefficient (Wildman–Crippen LogP) is 1.65. The Morgan fingerprint density at radius 3 is 2.64 bits per heavy atom. The SMILES string of the molecule is O=c1c(F)cn([C@@H]2CCCO2)c(=O)n1Cc1ccccc1F. The van der Waals surface area contributed by atoms with Gasteiger partial charge in [0.2, 0.25) is 5.82 Å². The van der Waals surface area contributed by atoms with Gasteiger partial charge in [0.05, 0.1) is 12.7 Å². The summed E-state index contributed by atoms with van der Waals surface area (Å²) in [5.41, 5.74) is -1.63. The summed E-state index contributed by atoms with van der Waals surface area (Å²) < 4.78 is 34.6. The Bertz CT molecular complexity index is 807. The molecule has 116 valence electrons. The molecule has 2 aromatic rings. The van der Waals surface area contributed by atoms with E-state index >= 15 is 0 Å². The third-order valence-electron chi connectivity index (χ3n) is 3.66. The third kappa shape index (κ3) is 2.59. The molecule has 1 aromatic heterocycles. The van der Waals surface area contributed by atoms with E-state index in [1.54, 1.807) is 6.07 Å². The van der Waals surface area contributed by atoms with Crippen molar-refractivity contribution in [2.75, 3.05) is 6.61 Å². The van der Waals surface area contributed by atoms with Gasteiger partial charge in [0.15, 0.2) is 0 Å². The first-order valence-electron chi connectivity index (χ1n) is 6.94. The standard InChI is InChI=1S/C15H14F2N2O3/c16-11-5-2-1-4-10(11)8-19-14(20)12(17)9-18(15(19)21)13-6-3-7-22-13/h1-2,4-5,9,13H,3,6-8H2/t13-/m0/s1. The van der Waals surface area contributed by atoms with Crippen LogP contribution in [0.15, 0.2) is 40.1 Å². The first-order chi connectivity index (χ1) is 10.6. The average Bonchev–Trinajstić information content (AvgIpc) is 3.03. The Kier molecular flexibility index (Phi) is 3.89. The molecule has 1 fully saturated rings. The zero-order chi connectivity index (χ0) is 15.7. The van der Waals surface area contributed by atoms with Crippen LogP contribution < -0.4 is 11.2 Å². The molecule has 0 radical (unpaired) electrons. The highest BCUT2D eigenvalue weighted by atomic mass is 19.1. The molecule has 1 aromatic carbocycles. The molecular weight excluding hydrogens is 294 g/mol. The van der Waals surface area contributed by atoms with Gasteiger partial charge in [0.1, 0.15) is 12.0 Å². The second-order valence-corrected chi connectivity index (χ2v) is 5.12. The lowest BCUT2D eigenvalue weighted by molar-refractivity contribution is 0.0504. The molecule has 1 saturated heterocycles. The van der Waals surface area contributed by atoms with Gasteiger partial charge in [-0.1, -0.05) is 18.2 Å². The van der Waals surface area contributed by atoms with Gasteiger partial charge in [0, 0.05) is 12.2 Å². The van der Waals surface area contributed by atoms with Crippen molar-refractivity contribution in [2.45, 2.75) is 25.6 Å². The minimum atomic E-state index is -1.07. The van der Waals surface area contributed by atoms with Crippen LogP contribution in [0.2, 0.25) is 0 Å². The second kappa shape index (κ2) is 5.84. The van der Waals surface area contributed by atoms with Crippen molar-refractivity contribution in [1.82, 2.24) is 9.13 Å². The summed E-state index contributed by atoms with van der Waals surface area (Å²) in [5.74, 6) is -1.62. The van der Waals surface area contributed by atoms with Gasteiger partial charge in [-0.2, -0.15) is 4.39 Å². The highest BCUT2D eigenvalue weighted by molar-refractivity contribution is 5.17. The van der Waals surface area contributed by atoms with Crippen molar-refractivity contribution in [1.29, 1.82) is 0 Å². The van der Waals surface area contributed by atoms with Crippen molar-refractivity contribution in [3.05, 3.63) is 68.5 Å². The summed E-state index contributed by atoms with van der Waals surface area (Å²) >= 11 is 0. The molecule has 3 rings (SSSR count). The highest BCUT2D eigenvalue weighted by Crippen LogP contribution is 2.20. The van der Waals surface area contributed by atoms with Crippen LogP contribution >= 0.6 is 0 Å². The van der Waals surface area contributed by atoms with Gasteiger partial charge < -0.3 is 4.74 Å². The Balaban J connectivity index is 2.09. The lowest BCUT2D eigenvalue weighted by Crippen LogP contribution is -2.42. The number of benzene rings is 1. The van der Waals surface area contributed by atoms with Crippen molar-refractivity contribution in [3.8, 4) is 0 Å². The van der Waals surface area contributed by atoms with Crippen LogP contribution in [0.4, 0.5) is 8.78 Å². The number of hydrogen-bond acceptors (Lipinski definition) is 3. The molecule has 1 aliphatic heterocycles. The van der Waals surface area contributed by atoms with Crippen LogP contribution in [-0.4, -0.2) is 15.7 Å². The molecule has 0 saturated carbocycles. The smallest absolute Gasteiger partial charge is 0.333 e. The van der Waals surface area contributed by atoms with Gasteiger partial charge >= 0.3 is 5.69 Å². The van der Waals surface area contributed by atoms with Crippen LogP contribution in [0.5, 0.6) is 0 Å². The lowest BCUT2D eigenvalue weighted by atomic mass is 10.2. The van der Waals surface area contributed by atoms with E-state index in [0.29, 0.717) is 17.6 Å². The van der Waals surface area contributed by atoms with Crippen LogP contribution in [0, 0.1) is 11.6 Å². The van der Waals surface area contributed by atoms with Crippen molar-refractivity contribution >= 4 is 0 Å². The van der Waals surface area contributed by atoms with Gasteiger partial charge in [-0.3, -0.25) is 13.9 Å². The van der Waals surface area contributed by atoms with E-state index in [2.05, 4.69) is 0 Å². The number of nitrogens with zero attached hydrogens (tertiary/aromatic N) is 2. The predicted molar refractivity (Wildman–Crippen MR) is 74.6 cm³/mol. The Labute approximate surface area is 124 Å². The van der Waals surface area contributed by atoms with E-state index in [0.717, 1.165) is 17.2 Å². The second-order valence-electron chi connectivity index (χ2n) is 5.12. The molecule has 0 aliphatic carbocycles. The largest absolute Gasteiger partial charge is 0.358 e. The van der Waals surface area contributed by atoms with Gasteiger partial charge in [-0.05, 0) is 18.9 Å². The topological polar surface area (TPSA) is 53.2 Å². The molecule has 1 atom stereocenters. The number of ether oxygens (including phenoxy) is 1. The molecule has 0 N–H and O–H groups in total. The van der Waals surface area contributed by atoms with E-state index in [-0.39, 0.29) is 12.1 Å². The number of halogens is 2. The lowest BCUT2D eigenvalue weighted by Gasteiger charge is -2.15. The molecule has 0 bridgehead atoms. The number of hydrogen-bond donors (Lipinski definition) is 0. The Morgan fingerprint density at radius 1 is 1.18 bits per heavy atom. The zero-order valence-corrected chi connectivity index (χ0v) is 11.7. The van der Waals surface area contributed by atoms with Gasteiger partial charge in [0.25, 0.3) is 5.56 Å². The Hall–Kier alpha value is -2.28. The first-order valence-corrected chi connectivity index (χ1v) is 6.94. The fraction of sp³-hybridized carbons (Fsp3) is 0.333. The normalized spacial score (nSPS) is 17.8. The molecule has 2 heterocycles. The van der Waals surface area contributed by atoms with Crippen LogP contribution in [0.25, 0.3) is 0 Å². The average molecular weight is 308 g/mol. The van der Waals surface area contributed by atoms with Crippen LogP contribution in [0.3, 0.4) is 0 Å². The monoisotopic (exact) mass is 308 g/mol. The van der Waals surface area contributed by atoms with E-state index in [9.17, 15) is 18.4 Å². The van der Waals surface area contributed by atoms with E-state index in [1.165, 1.54) is 18.2 Å². The third-order valence-corrected chi connectivity index (χ3v) is 3.66. The fourth-order valence-corrected chi connectivity index (χ4v) is 2.51. The zero-order valence-electron chi connectivity index (χ0n) is 11.7. The minimum absolute atomic E-state index is 0.145. The summed E-state index contributed by atoms with van der Waals surface area (Å²) in [4.78, 5) is 24.3. The molecule has 0 amide bonds. The molecular formula is C15H14F2N2O3. The maximum Gasteiger partial charge on any atom is 0.333 e. The maximum absolute atomic E-state index is 13.8. The molecule has 1 aliphatic rings. The summed E-state index contributed by atoms with van der Waals surface area (Å²) in [6.07, 6.45) is 1.59. The maximum atomic E-state index is 13.8. The van der Waals surface area contributed by atoms with Crippen molar-refractivity contribution in [2.24, 2.45) is 0 Å². The van der Waals surface area contributed by atoms with Gasteiger partial charge in [-0.15, -0.1) is 0 Å². The number of rotatable bonds is 3. The highest BCUT2D eigenvalue weighted by Gasteiger charge is 2.22. The molecule has 5 nitrogen and oxygen atoms in total.